The lowest BCUT2D eigenvalue weighted by Crippen LogP contribution is -2.31. The number of aromatic nitrogens is 2. The van der Waals surface area contributed by atoms with Crippen LogP contribution >= 0.6 is 46.0 Å². The lowest BCUT2D eigenvalue weighted by molar-refractivity contribution is -0.117. The van der Waals surface area contributed by atoms with E-state index in [1.807, 2.05) is 48.5 Å². The van der Waals surface area contributed by atoms with Crippen LogP contribution in [-0.4, -0.2) is 33.6 Å². The van der Waals surface area contributed by atoms with Crippen molar-refractivity contribution < 1.29 is 19.4 Å². The number of amides is 1. The number of ketones is 1. The fourth-order valence-electron chi connectivity index (χ4n) is 4.06. The predicted octanol–water partition coefficient (Wildman–Crippen LogP) is 7.51. The number of anilines is 1. The van der Waals surface area contributed by atoms with Crippen LogP contribution in [0.5, 0.6) is 5.75 Å². The van der Waals surface area contributed by atoms with Crippen LogP contribution < -0.4 is 9.64 Å². The molecule has 0 bridgehead atoms. The number of unbranched alkanes of at least 4 members (excludes halogenated alkanes) is 1. The Morgan fingerprint density at radius 1 is 1.13 bits per heavy atom. The highest BCUT2D eigenvalue weighted by molar-refractivity contribution is 8.00. The van der Waals surface area contributed by atoms with Crippen LogP contribution in [0.15, 0.2) is 81.7 Å². The number of carbonyl (C=O) groups is 2. The van der Waals surface area contributed by atoms with Gasteiger partial charge in [0.05, 0.1) is 23.1 Å². The van der Waals surface area contributed by atoms with Crippen molar-refractivity contribution in [1.29, 1.82) is 0 Å². The van der Waals surface area contributed by atoms with Gasteiger partial charge in [-0.2, -0.15) is 0 Å². The molecular weight excluding hydrogens is 574 g/mol. The number of aliphatic hydroxyl groups is 1. The second-order valence-corrected chi connectivity index (χ2v) is 12.2. The monoisotopic (exact) mass is 597 g/mol. The Balaban J connectivity index is 1.45. The molecule has 1 amide bonds. The van der Waals surface area contributed by atoms with Crippen LogP contribution in [-0.2, 0) is 10.5 Å². The van der Waals surface area contributed by atoms with E-state index in [0.717, 1.165) is 18.4 Å². The van der Waals surface area contributed by atoms with E-state index in [4.69, 9.17) is 16.3 Å². The zero-order valence-corrected chi connectivity index (χ0v) is 24.1. The molecule has 1 aliphatic heterocycles. The zero-order valence-electron chi connectivity index (χ0n) is 20.9. The van der Waals surface area contributed by atoms with E-state index in [2.05, 4.69) is 17.1 Å². The molecule has 0 saturated heterocycles. The number of aliphatic hydroxyl groups excluding tert-OH is 1. The van der Waals surface area contributed by atoms with Gasteiger partial charge in [-0.05, 0) is 53.3 Å². The lowest BCUT2D eigenvalue weighted by atomic mass is 9.95. The molecule has 2 aromatic carbocycles. The highest BCUT2D eigenvalue weighted by Gasteiger charge is 2.46. The average Bonchev–Trinajstić information content (AvgIpc) is 3.70. The van der Waals surface area contributed by atoms with Crippen LogP contribution in [0, 0.1) is 0 Å². The van der Waals surface area contributed by atoms with Gasteiger partial charge in [-0.15, -0.1) is 21.5 Å². The van der Waals surface area contributed by atoms with Gasteiger partial charge in [-0.3, -0.25) is 14.5 Å². The molecule has 1 N–H and O–H groups in total. The summed E-state index contributed by atoms with van der Waals surface area (Å²) in [5.41, 5.74) is 1.74. The maximum Gasteiger partial charge on any atom is 0.296 e. The molecule has 1 atom stereocenters. The summed E-state index contributed by atoms with van der Waals surface area (Å²) in [4.78, 5) is 28.7. The molecule has 0 spiro atoms. The van der Waals surface area contributed by atoms with Gasteiger partial charge in [-0.1, -0.05) is 78.4 Å². The van der Waals surface area contributed by atoms with E-state index in [9.17, 15) is 14.7 Å². The van der Waals surface area contributed by atoms with Gasteiger partial charge in [0, 0.05) is 10.8 Å². The first-order valence-corrected chi connectivity index (χ1v) is 15.3. The van der Waals surface area contributed by atoms with Gasteiger partial charge in [-0.25, -0.2) is 0 Å². The third kappa shape index (κ3) is 6.04. The predicted molar refractivity (Wildman–Crippen MR) is 156 cm³/mol. The third-order valence-electron chi connectivity index (χ3n) is 6.04. The highest BCUT2D eigenvalue weighted by atomic mass is 35.5. The Kier molecular flexibility index (Phi) is 8.66. The number of Topliss-reactive ketones (excluding diaryl/α,β-unsaturated/α-hetero) is 1. The number of thiophene rings is 1. The summed E-state index contributed by atoms with van der Waals surface area (Å²) in [5.74, 6) is -0.317. The molecule has 0 fully saturated rings. The lowest BCUT2D eigenvalue weighted by Gasteiger charge is -2.24. The second-order valence-electron chi connectivity index (χ2n) is 8.68. The molecule has 5 rings (SSSR count). The van der Waals surface area contributed by atoms with Gasteiger partial charge in [0.25, 0.3) is 5.91 Å². The number of nitrogens with zero attached hydrogens (tertiary/aromatic N) is 3. The maximum atomic E-state index is 13.5. The normalized spacial score (nSPS) is 15.3. The molecule has 1 aliphatic rings. The summed E-state index contributed by atoms with van der Waals surface area (Å²) in [5, 5.41) is 22.2. The summed E-state index contributed by atoms with van der Waals surface area (Å²) >= 11 is 9.95. The van der Waals surface area contributed by atoms with Crippen molar-refractivity contribution in [2.24, 2.45) is 0 Å². The van der Waals surface area contributed by atoms with Crippen molar-refractivity contribution in [2.45, 2.75) is 35.9 Å². The van der Waals surface area contributed by atoms with Crippen molar-refractivity contribution >= 4 is 62.9 Å². The third-order valence-corrected chi connectivity index (χ3v) is 9.29. The molecule has 7 nitrogen and oxygen atoms in total. The Bertz CT molecular complexity index is 1490. The fourth-order valence-corrected chi connectivity index (χ4v) is 6.68. The Labute approximate surface area is 243 Å². The van der Waals surface area contributed by atoms with E-state index in [0.29, 0.717) is 43.0 Å². The second kappa shape index (κ2) is 12.3. The van der Waals surface area contributed by atoms with Crippen molar-refractivity contribution in [3.05, 3.63) is 98.4 Å². The van der Waals surface area contributed by atoms with E-state index in [-0.39, 0.29) is 5.57 Å². The highest BCUT2D eigenvalue weighted by Crippen LogP contribution is 2.44. The largest absolute Gasteiger partial charge is 0.503 e. The summed E-state index contributed by atoms with van der Waals surface area (Å²) < 4.78 is 6.44. The summed E-state index contributed by atoms with van der Waals surface area (Å²) in [6.07, 6.45) is 1.97. The number of hydrogen-bond acceptors (Lipinski definition) is 9. The van der Waals surface area contributed by atoms with Crippen LogP contribution in [0.25, 0.3) is 0 Å². The molecule has 3 heterocycles. The Morgan fingerprint density at radius 3 is 2.59 bits per heavy atom. The van der Waals surface area contributed by atoms with Crippen molar-refractivity contribution in [3.8, 4) is 5.75 Å². The first-order valence-electron chi connectivity index (χ1n) is 12.2. The van der Waals surface area contributed by atoms with Crippen molar-refractivity contribution in [3.63, 3.8) is 0 Å². The van der Waals surface area contributed by atoms with Gasteiger partial charge in [0.1, 0.15) is 5.75 Å². The molecule has 4 aromatic rings. The molecular formula is C28H24ClN3O4S3. The van der Waals surface area contributed by atoms with E-state index in [1.165, 1.54) is 39.3 Å². The number of rotatable bonds is 11. The number of ether oxygens (including phenoxy) is 1. The minimum atomic E-state index is -0.862. The molecule has 2 aromatic heterocycles. The standard InChI is InChI=1S/C28H24ClN3O4S3/c1-2-3-14-36-20-12-8-18(9-13-20)23-22(24(33)21-5-4-15-37-21)25(34)26(35)32(23)27-30-31-28(39-27)38-16-17-6-10-19(29)11-7-17/h4-13,15,23,34H,2-3,14,16H2,1H3. The molecule has 0 saturated carbocycles. The van der Waals surface area contributed by atoms with Crippen LogP contribution in [0.2, 0.25) is 5.02 Å². The quantitative estimate of drug-likeness (QED) is 0.0827. The van der Waals surface area contributed by atoms with E-state index in [1.54, 1.807) is 17.5 Å². The number of benzene rings is 2. The first kappa shape index (κ1) is 27.4. The summed E-state index contributed by atoms with van der Waals surface area (Å²) in [7, 11) is 0. The SMILES string of the molecule is CCCCOc1ccc(C2C(C(=O)c3cccs3)=C(O)C(=O)N2c2nnc(SCc3ccc(Cl)cc3)s2)cc1. The summed E-state index contributed by atoms with van der Waals surface area (Å²) in [6, 6.07) is 17.4. The Morgan fingerprint density at radius 2 is 1.90 bits per heavy atom. The van der Waals surface area contributed by atoms with Crippen molar-refractivity contribution in [2.75, 3.05) is 11.5 Å². The maximum absolute atomic E-state index is 13.5. The molecule has 39 heavy (non-hydrogen) atoms. The van der Waals surface area contributed by atoms with Gasteiger partial charge in [0.15, 0.2) is 10.1 Å². The number of halogens is 1. The average molecular weight is 598 g/mol. The number of hydrogen-bond donors (Lipinski definition) is 1. The smallest absolute Gasteiger partial charge is 0.296 e. The van der Waals surface area contributed by atoms with Crippen LogP contribution in [0.1, 0.15) is 46.6 Å². The Hall–Kier alpha value is -3.18. The number of carbonyl (C=O) groups excluding carboxylic acids is 2. The van der Waals surface area contributed by atoms with Gasteiger partial charge in [0.2, 0.25) is 10.9 Å². The molecule has 200 valence electrons. The first-order chi connectivity index (χ1) is 19.0. The molecule has 0 aliphatic carbocycles. The fraction of sp³-hybridized carbons (Fsp3) is 0.214. The zero-order chi connectivity index (χ0) is 27.4. The minimum absolute atomic E-state index is 0.0210. The number of thioether (sulfide) groups is 1. The van der Waals surface area contributed by atoms with Gasteiger partial charge >= 0.3 is 0 Å². The minimum Gasteiger partial charge on any atom is -0.503 e. The van der Waals surface area contributed by atoms with E-state index >= 15 is 0 Å². The van der Waals surface area contributed by atoms with Crippen LogP contribution in [0.4, 0.5) is 5.13 Å². The van der Waals surface area contributed by atoms with Gasteiger partial charge < -0.3 is 9.84 Å². The van der Waals surface area contributed by atoms with Crippen molar-refractivity contribution in [1.82, 2.24) is 10.2 Å². The van der Waals surface area contributed by atoms with E-state index < -0.39 is 23.5 Å². The topological polar surface area (TPSA) is 92.6 Å². The molecule has 0 radical (unpaired) electrons. The summed E-state index contributed by atoms with van der Waals surface area (Å²) in [6.45, 7) is 2.70. The van der Waals surface area contributed by atoms with Crippen LogP contribution in [0.3, 0.4) is 0 Å². The molecule has 11 heteroatoms. The molecule has 1 unspecified atom stereocenters.